The van der Waals surface area contributed by atoms with Gasteiger partial charge in [0.15, 0.2) is 0 Å². The van der Waals surface area contributed by atoms with Crippen molar-refractivity contribution in [3.63, 3.8) is 0 Å². The molecule has 46 valence electrons. The summed E-state index contributed by atoms with van der Waals surface area (Å²) < 4.78 is 10.8. The van der Waals surface area contributed by atoms with Gasteiger partial charge in [0.1, 0.15) is 0 Å². The van der Waals surface area contributed by atoms with E-state index in [0.717, 1.165) is 9.79 Å². The van der Waals surface area contributed by atoms with E-state index in [4.69, 9.17) is 5.73 Å². The summed E-state index contributed by atoms with van der Waals surface area (Å²) in [6.07, 6.45) is 0. The van der Waals surface area contributed by atoms with E-state index in [-0.39, 0.29) is 0 Å². The highest BCUT2D eigenvalue weighted by Crippen LogP contribution is 2.36. The van der Waals surface area contributed by atoms with Crippen molar-refractivity contribution in [3.8, 4) is 0 Å². The molecule has 0 saturated heterocycles. The third-order valence-electron chi connectivity index (χ3n) is 1.33. The fourth-order valence-corrected chi connectivity index (χ4v) is 1.78. The van der Waals surface area contributed by atoms with Crippen LogP contribution in [0.3, 0.4) is 0 Å². The smallest absolute Gasteiger partial charge is 0.0875 e. The molecule has 1 aromatic carbocycles. The Morgan fingerprint density at radius 3 is 2.67 bits per heavy atom. The van der Waals surface area contributed by atoms with Crippen molar-refractivity contribution in [3.05, 3.63) is 18.2 Å². The van der Waals surface area contributed by atoms with Gasteiger partial charge in [-0.15, -0.1) is 0 Å². The Labute approximate surface area is 55.1 Å². The molecule has 0 aliphatic carbocycles. The number of nitrogens with two attached hydrogens (primary N) is 1. The highest BCUT2D eigenvalue weighted by molar-refractivity contribution is 7.90. The monoisotopic (exact) mass is 139 g/mol. The van der Waals surface area contributed by atoms with Gasteiger partial charge in [0.25, 0.3) is 0 Å². The van der Waals surface area contributed by atoms with Crippen molar-refractivity contribution in [2.45, 2.75) is 9.79 Å². The van der Waals surface area contributed by atoms with Gasteiger partial charge < -0.3 is 5.73 Å². The molecule has 3 heteroatoms. The third-order valence-corrected chi connectivity index (χ3v) is 2.61. The average molecular weight is 139 g/mol. The summed E-state index contributed by atoms with van der Waals surface area (Å²) in [5.74, 6) is 0. The van der Waals surface area contributed by atoms with Crippen LogP contribution in [0.4, 0.5) is 5.69 Å². The fourth-order valence-electron chi connectivity index (χ4n) is 0.798. The van der Waals surface area contributed by atoms with E-state index in [0.29, 0.717) is 5.69 Å². The van der Waals surface area contributed by atoms with Crippen molar-refractivity contribution < 1.29 is 4.21 Å². The lowest BCUT2D eigenvalue weighted by molar-refractivity contribution is 0.693. The van der Waals surface area contributed by atoms with Crippen molar-refractivity contribution in [2.75, 3.05) is 5.73 Å². The van der Waals surface area contributed by atoms with Crippen LogP contribution < -0.4 is 5.73 Å². The molecule has 2 nitrogen and oxygen atoms in total. The molecular weight excluding hydrogens is 134 g/mol. The maximum absolute atomic E-state index is 10.8. The quantitative estimate of drug-likeness (QED) is 0.432. The molecule has 1 atom stereocenters. The third kappa shape index (κ3) is 0.580. The maximum atomic E-state index is 10.8. The van der Waals surface area contributed by atoms with Crippen LogP contribution in [-0.4, -0.2) is 4.21 Å². The SMILES string of the molecule is Nc1ccc2c(c1)S2=O. The number of fused-ring (bicyclic) bond motifs is 1. The molecule has 1 unspecified atom stereocenters. The van der Waals surface area contributed by atoms with Gasteiger partial charge in [-0.2, -0.15) is 0 Å². The summed E-state index contributed by atoms with van der Waals surface area (Å²) in [5.41, 5.74) is 6.11. The van der Waals surface area contributed by atoms with Crippen LogP contribution in [0.15, 0.2) is 28.0 Å². The predicted molar refractivity (Wildman–Crippen MR) is 35.5 cm³/mol. The lowest BCUT2D eigenvalue weighted by Gasteiger charge is -1.81. The Kier molecular flexibility index (Phi) is 0.754. The second kappa shape index (κ2) is 1.36. The zero-order chi connectivity index (χ0) is 6.43. The molecule has 0 saturated carbocycles. The van der Waals surface area contributed by atoms with Crippen LogP contribution in [0.2, 0.25) is 0 Å². The van der Waals surface area contributed by atoms with Gasteiger partial charge in [-0.05, 0) is 18.2 Å². The summed E-state index contributed by atoms with van der Waals surface area (Å²) >= 11 is 0. The second-order valence-corrected chi connectivity index (χ2v) is 3.39. The Bertz CT molecular complexity index is 295. The minimum Gasteiger partial charge on any atom is -0.399 e. The molecule has 0 radical (unpaired) electrons. The predicted octanol–water partition coefficient (Wildman–Crippen LogP) is 0.749. The zero-order valence-electron chi connectivity index (χ0n) is 4.63. The molecule has 2 N–H and O–H groups in total. The van der Waals surface area contributed by atoms with Crippen molar-refractivity contribution >= 4 is 16.5 Å². The van der Waals surface area contributed by atoms with Crippen molar-refractivity contribution in [1.29, 1.82) is 0 Å². The van der Waals surface area contributed by atoms with E-state index < -0.39 is 10.8 Å². The largest absolute Gasteiger partial charge is 0.399 e. The molecule has 0 fully saturated rings. The van der Waals surface area contributed by atoms with Crippen molar-refractivity contribution in [1.82, 2.24) is 0 Å². The minimum atomic E-state index is -0.805. The van der Waals surface area contributed by atoms with Gasteiger partial charge >= 0.3 is 0 Å². The second-order valence-electron chi connectivity index (χ2n) is 1.97. The standard InChI is InChI=1S/C6H5NOS/c7-4-1-2-5-6(3-4)9(5)8/h1-3H,7H2. The first kappa shape index (κ1) is 4.99. The molecule has 9 heavy (non-hydrogen) atoms. The average Bonchev–Trinajstić information content (AvgIpc) is 2.43. The summed E-state index contributed by atoms with van der Waals surface area (Å²) in [4.78, 5) is 1.83. The number of nitrogen functional groups attached to an aromatic ring is 1. The van der Waals surface area contributed by atoms with E-state index in [2.05, 4.69) is 0 Å². The lowest BCUT2D eigenvalue weighted by atomic mass is 10.3. The van der Waals surface area contributed by atoms with Gasteiger partial charge in [0, 0.05) is 5.69 Å². The first-order valence-electron chi connectivity index (χ1n) is 2.60. The van der Waals surface area contributed by atoms with Crippen LogP contribution >= 0.6 is 0 Å². The van der Waals surface area contributed by atoms with Crippen LogP contribution in [0.5, 0.6) is 0 Å². The van der Waals surface area contributed by atoms with Gasteiger partial charge in [-0.25, -0.2) is 4.21 Å². The number of hydrogen-bond donors (Lipinski definition) is 1. The topological polar surface area (TPSA) is 43.1 Å². The van der Waals surface area contributed by atoms with Crippen LogP contribution in [0, 0.1) is 0 Å². The Morgan fingerprint density at radius 1 is 1.33 bits per heavy atom. The Hall–Kier alpha value is -0.830. The summed E-state index contributed by atoms with van der Waals surface area (Å²) in [7, 11) is -0.805. The van der Waals surface area contributed by atoms with Crippen LogP contribution in [0.25, 0.3) is 0 Å². The molecule has 0 amide bonds. The Morgan fingerprint density at radius 2 is 2.11 bits per heavy atom. The van der Waals surface area contributed by atoms with E-state index in [1.165, 1.54) is 0 Å². The van der Waals surface area contributed by atoms with E-state index in [1.54, 1.807) is 18.2 Å². The maximum Gasteiger partial charge on any atom is 0.0875 e. The molecule has 2 rings (SSSR count). The molecular formula is C6H5NOS. The highest BCUT2D eigenvalue weighted by atomic mass is 32.2. The molecule has 0 aromatic heterocycles. The van der Waals surface area contributed by atoms with Gasteiger partial charge in [-0.3, -0.25) is 0 Å². The van der Waals surface area contributed by atoms with E-state index in [1.807, 2.05) is 0 Å². The molecule has 1 aromatic rings. The van der Waals surface area contributed by atoms with Crippen LogP contribution in [0.1, 0.15) is 0 Å². The molecule has 0 spiro atoms. The molecule has 1 heterocycles. The minimum absolute atomic E-state index is 0.694. The van der Waals surface area contributed by atoms with Gasteiger partial charge in [0.2, 0.25) is 0 Å². The normalized spacial score (nSPS) is 21.1. The summed E-state index contributed by atoms with van der Waals surface area (Å²) in [6, 6.07) is 5.33. The van der Waals surface area contributed by atoms with Gasteiger partial charge in [0.05, 0.1) is 20.6 Å². The number of hydrogen-bond acceptors (Lipinski definition) is 2. The van der Waals surface area contributed by atoms with Gasteiger partial charge in [-0.1, -0.05) is 0 Å². The first-order valence-corrected chi connectivity index (χ1v) is 3.75. The van der Waals surface area contributed by atoms with E-state index in [9.17, 15) is 4.21 Å². The number of rotatable bonds is 0. The lowest BCUT2D eigenvalue weighted by Crippen LogP contribution is -1.79. The summed E-state index contributed by atoms with van der Waals surface area (Å²) in [5, 5.41) is 0. The number of anilines is 1. The molecule has 0 bridgehead atoms. The van der Waals surface area contributed by atoms with E-state index >= 15 is 0 Å². The molecule has 1 aliphatic rings. The Balaban J connectivity index is 2.66. The highest BCUT2D eigenvalue weighted by Gasteiger charge is 2.27. The summed E-state index contributed by atoms with van der Waals surface area (Å²) in [6.45, 7) is 0. The number of benzene rings is 1. The molecule has 1 aliphatic heterocycles. The van der Waals surface area contributed by atoms with Crippen LogP contribution in [-0.2, 0) is 10.8 Å². The zero-order valence-corrected chi connectivity index (χ0v) is 5.44. The van der Waals surface area contributed by atoms with Crippen molar-refractivity contribution in [2.24, 2.45) is 0 Å². The first-order chi connectivity index (χ1) is 4.29. The fraction of sp³-hybridized carbons (Fsp3) is 0.